The van der Waals surface area contributed by atoms with Gasteiger partial charge in [0, 0.05) is 18.5 Å². The maximum absolute atomic E-state index is 12.9. The van der Waals surface area contributed by atoms with Crippen LogP contribution in [-0.4, -0.2) is 36.7 Å². The van der Waals surface area contributed by atoms with Gasteiger partial charge in [-0.15, -0.1) is 0 Å². The molecule has 1 unspecified atom stereocenters. The van der Waals surface area contributed by atoms with Crippen molar-refractivity contribution >= 4 is 11.9 Å². The number of halogens is 1. The minimum absolute atomic E-state index is 0.304. The Bertz CT molecular complexity index is 910. The van der Waals surface area contributed by atoms with Gasteiger partial charge in [0.25, 0.3) is 5.91 Å². The van der Waals surface area contributed by atoms with Gasteiger partial charge in [0.1, 0.15) is 11.4 Å². The van der Waals surface area contributed by atoms with E-state index in [1.165, 1.54) is 19.1 Å². The second-order valence-corrected chi connectivity index (χ2v) is 7.87. The van der Waals surface area contributed by atoms with E-state index in [9.17, 15) is 14.0 Å². The number of benzene rings is 2. The molecule has 160 valence electrons. The average molecular weight is 415 g/mol. The molecule has 6 nitrogen and oxygen atoms in total. The number of rotatable bonds is 8. The number of nitrogens with one attached hydrogen (secondary N) is 1. The number of amides is 1. The van der Waals surface area contributed by atoms with Crippen molar-refractivity contribution in [1.29, 1.82) is 0 Å². The van der Waals surface area contributed by atoms with Crippen LogP contribution in [-0.2, 0) is 27.2 Å². The molecule has 0 bridgehead atoms. The highest BCUT2D eigenvalue weighted by atomic mass is 19.1. The molecule has 0 saturated heterocycles. The lowest BCUT2D eigenvalue weighted by atomic mass is 10.0. The Kier molecular flexibility index (Phi) is 6.59. The Balaban J connectivity index is 1.42. The summed E-state index contributed by atoms with van der Waals surface area (Å²) in [5.41, 5.74) is 1.61. The molecular weight excluding hydrogens is 389 g/mol. The third-order valence-electron chi connectivity index (χ3n) is 4.70. The molecule has 1 amide bonds. The Hall–Kier alpha value is -3.09. The van der Waals surface area contributed by atoms with Gasteiger partial charge in [-0.25, -0.2) is 9.18 Å². The van der Waals surface area contributed by atoms with E-state index < -0.39 is 18.0 Å². The molecule has 0 fully saturated rings. The Morgan fingerprint density at radius 1 is 1.20 bits per heavy atom. The fourth-order valence-corrected chi connectivity index (χ4v) is 3.25. The standard InChI is InChI=1S/C23H26FNO5/c1-15(22(27)25-12-11-16-7-9-18(24)10-8-16)29-20(26)14-28-19-6-4-5-17-13-23(2,3)30-21(17)19/h4-10,15H,11-14H2,1-3H3,(H,25,27). The van der Waals surface area contributed by atoms with Crippen molar-refractivity contribution < 1.29 is 28.2 Å². The lowest BCUT2D eigenvalue weighted by Gasteiger charge is -2.18. The highest BCUT2D eigenvalue weighted by Crippen LogP contribution is 2.41. The van der Waals surface area contributed by atoms with E-state index in [2.05, 4.69) is 5.32 Å². The molecule has 30 heavy (non-hydrogen) atoms. The van der Waals surface area contributed by atoms with Crippen molar-refractivity contribution in [3.05, 3.63) is 59.4 Å². The number of para-hydroxylation sites is 1. The third-order valence-corrected chi connectivity index (χ3v) is 4.70. The number of esters is 1. The van der Waals surface area contributed by atoms with Crippen LogP contribution in [0.2, 0.25) is 0 Å². The molecule has 2 aromatic carbocycles. The lowest BCUT2D eigenvalue weighted by Crippen LogP contribution is -2.37. The van der Waals surface area contributed by atoms with Gasteiger partial charge in [-0.3, -0.25) is 4.79 Å². The molecule has 0 saturated carbocycles. The van der Waals surface area contributed by atoms with Crippen LogP contribution in [0.3, 0.4) is 0 Å². The molecule has 1 aliphatic rings. The van der Waals surface area contributed by atoms with Gasteiger partial charge in [0.2, 0.25) is 0 Å². The predicted molar refractivity (Wildman–Crippen MR) is 109 cm³/mol. The van der Waals surface area contributed by atoms with Crippen LogP contribution in [0.15, 0.2) is 42.5 Å². The number of carbonyl (C=O) groups excluding carboxylic acids is 2. The molecule has 3 rings (SSSR count). The molecule has 0 radical (unpaired) electrons. The van der Waals surface area contributed by atoms with Crippen LogP contribution in [0, 0.1) is 5.82 Å². The highest BCUT2D eigenvalue weighted by molar-refractivity contribution is 5.83. The Morgan fingerprint density at radius 2 is 1.93 bits per heavy atom. The second kappa shape index (κ2) is 9.15. The van der Waals surface area contributed by atoms with Crippen molar-refractivity contribution in [2.75, 3.05) is 13.2 Å². The zero-order valence-corrected chi connectivity index (χ0v) is 17.4. The molecule has 0 aliphatic carbocycles. The van der Waals surface area contributed by atoms with Crippen molar-refractivity contribution in [3.8, 4) is 11.5 Å². The van der Waals surface area contributed by atoms with Crippen LogP contribution in [0.1, 0.15) is 31.9 Å². The van der Waals surface area contributed by atoms with Gasteiger partial charge in [0.05, 0.1) is 0 Å². The van der Waals surface area contributed by atoms with Gasteiger partial charge in [-0.2, -0.15) is 0 Å². The first-order valence-electron chi connectivity index (χ1n) is 9.89. The second-order valence-electron chi connectivity index (χ2n) is 7.87. The summed E-state index contributed by atoms with van der Waals surface area (Å²) in [5.74, 6) is -0.239. The molecule has 0 spiro atoms. The van der Waals surface area contributed by atoms with E-state index in [1.807, 2.05) is 26.0 Å². The zero-order chi connectivity index (χ0) is 21.7. The van der Waals surface area contributed by atoms with Crippen molar-refractivity contribution in [2.45, 2.75) is 45.3 Å². The Labute approximate surface area is 175 Å². The fourth-order valence-electron chi connectivity index (χ4n) is 3.25. The number of carbonyl (C=O) groups is 2. The molecule has 0 aromatic heterocycles. The monoisotopic (exact) mass is 415 g/mol. The lowest BCUT2D eigenvalue weighted by molar-refractivity contribution is -0.156. The molecule has 1 N–H and O–H groups in total. The first-order valence-corrected chi connectivity index (χ1v) is 9.89. The third kappa shape index (κ3) is 5.72. The largest absolute Gasteiger partial charge is 0.483 e. The van der Waals surface area contributed by atoms with Gasteiger partial charge in [-0.05, 0) is 51.0 Å². The number of hydrogen-bond donors (Lipinski definition) is 1. The Morgan fingerprint density at radius 3 is 2.67 bits per heavy atom. The fraction of sp³-hybridized carbons (Fsp3) is 0.391. The van der Waals surface area contributed by atoms with Crippen molar-refractivity contribution in [1.82, 2.24) is 5.32 Å². The summed E-state index contributed by atoms with van der Waals surface area (Å²) in [4.78, 5) is 24.2. The van der Waals surface area contributed by atoms with Gasteiger partial charge in [0.15, 0.2) is 24.2 Å². The van der Waals surface area contributed by atoms with E-state index in [1.54, 1.807) is 18.2 Å². The van der Waals surface area contributed by atoms with E-state index >= 15 is 0 Å². The summed E-state index contributed by atoms with van der Waals surface area (Å²) in [6.07, 6.45) is 0.357. The number of ether oxygens (including phenoxy) is 3. The summed E-state index contributed by atoms with van der Waals surface area (Å²) >= 11 is 0. The quantitative estimate of drug-likeness (QED) is 0.671. The summed E-state index contributed by atoms with van der Waals surface area (Å²) < 4.78 is 29.5. The minimum atomic E-state index is -0.953. The van der Waals surface area contributed by atoms with Gasteiger partial charge < -0.3 is 19.5 Å². The minimum Gasteiger partial charge on any atom is -0.483 e. The van der Waals surface area contributed by atoms with Crippen LogP contribution in [0.4, 0.5) is 4.39 Å². The molecule has 7 heteroatoms. The van der Waals surface area contributed by atoms with E-state index in [-0.39, 0.29) is 18.0 Å². The van der Waals surface area contributed by atoms with Crippen LogP contribution in [0.25, 0.3) is 0 Å². The first-order chi connectivity index (χ1) is 14.2. The summed E-state index contributed by atoms with van der Waals surface area (Å²) in [7, 11) is 0. The highest BCUT2D eigenvalue weighted by Gasteiger charge is 2.32. The molecule has 1 heterocycles. The topological polar surface area (TPSA) is 73.9 Å². The maximum Gasteiger partial charge on any atom is 0.344 e. The zero-order valence-electron chi connectivity index (χ0n) is 17.4. The average Bonchev–Trinajstić information content (AvgIpc) is 3.02. The SMILES string of the molecule is CC(OC(=O)COc1cccc2c1OC(C)(C)C2)C(=O)NCCc1ccc(F)cc1. The van der Waals surface area contributed by atoms with E-state index in [0.717, 1.165) is 17.5 Å². The van der Waals surface area contributed by atoms with Crippen LogP contribution < -0.4 is 14.8 Å². The normalized spacial score (nSPS) is 14.9. The first kappa shape index (κ1) is 21.6. The van der Waals surface area contributed by atoms with Crippen molar-refractivity contribution in [2.24, 2.45) is 0 Å². The molecule has 1 atom stereocenters. The van der Waals surface area contributed by atoms with E-state index in [4.69, 9.17) is 14.2 Å². The van der Waals surface area contributed by atoms with E-state index in [0.29, 0.717) is 24.5 Å². The summed E-state index contributed by atoms with van der Waals surface area (Å²) in [6.45, 7) is 5.50. The van der Waals surface area contributed by atoms with Gasteiger partial charge in [-0.1, -0.05) is 24.3 Å². The maximum atomic E-state index is 12.9. The van der Waals surface area contributed by atoms with Crippen LogP contribution in [0.5, 0.6) is 11.5 Å². The number of hydrogen-bond acceptors (Lipinski definition) is 5. The van der Waals surface area contributed by atoms with Crippen LogP contribution >= 0.6 is 0 Å². The number of fused-ring (bicyclic) bond motifs is 1. The smallest absolute Gasteiger partial charge is 0.344 e. The molecular formula is C23H26FNO5. The van der Waals surface area contributed by atoms with Gasteiger partial charge >= 0.3 is 5.97 Å². The van der Waals surface area contributed by atoms with Crippen molar-refractivity contribution in [3.63, 3.8) is 0 Å². The summed E-state index contributed by atoms with van der Waals surface area (Å²) in [5, 5.41) is 2.70. The molecule has 1 aliphatic heterocycles. The summed E-state index contributed by atoms with van der Waals surface area (Å²) in [6, 6.07) is 11.6. The molecule has 2 aromatic rings. The predicted octanol–water partition coefficient (Wildman–Crippen LogP) is 3.21.